The molecule has 0 unspecified atom stereocenters. The molecular formula is C14H9ClFNO. The fourth-order valence-electron chi connectivity index (χ4n) is 1.51. The molecule has 0 N–H and O–H groups in total. The summed E-state index contributed by atoms with van der Waals surface area (Å²) in [6, 6.07) is 13.6. The summed E-state index contributed by atoms with van der Waals surface area (Å²) in [5, 5.41) is 8.93. The van der Waals surface area contributed by atoms with Crippen LogP contribution >= 0.6 is 11.6 Å². The molecule has 2 aromatic carbocycles. The maximum absolute atomic E-state index is 13.6. The highest BCUT2D eigenvalue weighted by molar-refractivity contribution is 6.30. The first-order valence-corrected chi connectivity index (χ1v) is 5.65. The van der Waals surface area contributed by atoms with Crippen molar-refractivity contribution in [1.82, 2.24) is 0 Å². The van der Waals surface area contributed by atoms with Gasteiger partial charge in [-0.15, -0.1) is 0 Å². The van der Waals surface area contributed by atoms with Crippen molar-refractivity contribution >= 4 is 11.6 Å². The molecule has 0 heterocycles. The second-order valence-corrected chi connectivity index (χ2v) is 4.02. The third kappa shape index (κ3) is 2.61. The van der Waals surface area contributed by atoms with Gasteiger partial charge in [0, 0.05) is 5.56 Å². The van der Waals surface area contributed by atoms with Crippen molar-refractivity contribution in [1.29, 1.82) is 5.26 Å². The molecule has 18 heavy (non-hydrogen) atoms. The number of benzene rings is 2. The Bertz CT molecular complexity index is 607. The first kappa shape index (κ1) is 12.4. The van der Waals surface area contributed by atoms with Crippen molar-refractivity contribution in [3.63, 3.8) is 0 Å². The maximum atomic E-state index is 13.6. The quantitative estimate of drug-likeness (QED) is 0.839. The van der Waals surface area contributed by atoms with Crippen molar-refractivity contribution in [2.45, 2.75) is 6.61 Å². The van der Waals surface area contributed by atoms with Gasteiger partial charge in [0.25, 0.3) is 0 Å². The minimum absolute atomic E-state index is 0.0149. The highest BCUT2D eigenvalue weighted by atomic mass is 35.5. The van der Waals surface area contributed by atoms with Crippen molar-refractivity contribution in [3.05, 3.63) is 64.4 Å². The van der Waals surface area contributed by atoms with Crippen LogP contribution in [0.4, 0.5) is 4.39 Å². The Morgan fingerprint density at radius 2 is 1.94 bits per heavy atom. The van der Waals surface area contributed by atoms with Gasteiger partial charge in [-0.1, -0.05) is 35.9 Å². The first-order valence-electron chi connectivity index (χ1n) is 5.27. The molecule has 0 spiro atoms. The highest BCUT2D eigenvalue weighted by Crippen LogP contribution is 2.25. The molecule has 0 aromatic heterocycles. The van der Waals surface area contributed by atoms with E-state index in [0.717, 1.165) is 0 Å². The summed E-state index contributed by atoms with van der Waals surface area (Å²) in [7, 11) is 0. The van der Waals surface area contributed by atoms with E-state index in [4.69, 9.17) is 21.6 Å². The molecule has 2 rings (SSSR count). The van der Waals surface area contributed by atoms with Gasteiger partial charge < -0.3 is 4.74 Å². The monoisotopic (exact) mass is 261 g/mol. The van der Waals surface area contributed by atoms with E-state index >= 15 is 0 Å². The van der Waals surface area contributed by atoms with Gasteiger partial charge in [-0.3, -0.25) is 0 Å². The van der Waals surface area contributed by atoms with E-state index in [2.05, 4.69) is 6.07 Å². The van der Waals surface area contributed by atoms with E-state index < -0.39 is 5.82 Å². The van der Waals surface area contributed by atoms with Crippen LogP contribution in [0.1, 0.15) is 11.1 Å². The molecule has 0 saturated heterocycles. The van der Waals surface area contributed by atoms with E-state index in [1.54, 1.807) is 30.3 Å². The minimum atomic E-state index is -0.589. The largest absolute Gasteiger partial charge is 0.486 e. The van der Waals surface area contributed by atoms with Crippen molar-refractivity contribution < 1.29 is 9.13 Å². The number of hydrogen-bond acceptors (Lipinski definition) is 2. The number of nitriles is 1. The van der Waals surface area contributed by atoms with E-state index in [0.29, 0.717) is 11.1 Å². The summed E-state index contributed by atoms with van der Waals surface area (Å²) in [6.45, 7) is 0.126. The lowest BCUT2D eigenvalue weighted by Crippen LogP contribution is -1.99. The summed E-state index contributed by atoms with van der Waals surface area (Å²) in [4.78, 5) is 0. The van der Waals surface area contributed by atoms with Crippen LogP contribution in [0.2, 0.25) is 5.02 Å². The van der Waals surface area contributed by atoms with Crippen LogP contribution in [-0.2, 0) is 6.61 Å². The van der Waals surface area contributed by atoms with Gasteiger partial charge in [-0.2, -0.15) is 5.26 Å². The fourth-order valence-corrected chi connectivity index (χ4v) is 1.67. The third-order valence-electron chi connectivity index (χ3n) is 2.44. The lowest BCUT2D eigenvalue weighted by atomic mass is 10.1. The molecule has 0 aliphatic rings. The summed E-state index contributed by atoms with van der Waals surface area (Å²) < 4.78 is 18.9. The summed E-state index contributed by atoms with van der Waals surface area (Å²) in [6.07, 6.45) is 0. The Balaban J connectivity index is 2.17. The Kier molecular flexibility index (Phi) is 3.81. The predicted molar refractivity (Wildman–Crippen MR) is 66.9 cm³/mol. The van der Waals surface area contributed by atoms with Crippen LogP contribution < -0.4 is 4.74 Å². The Labute approximate surface area is 109 Å². The summed E-state index contributed by atoms with van der Waals surface area (Å²) >= 11 is 5.65. The number of nitrogens with zero attached hydrogens (tertiary/aromatic N) is 1. The zero-order chi connectivity index (χ0) is 13.0. The van der Waals surface area contributed by atoms with Crippen molar-refractivity contribution in [2.24, 2.45) is 0 Å². The van der Waals surface area contributed by atoms with Gasteiger partial charge in [0.05, 0.1) is 16.7 Å². The predicted octanol–water partition coefficient (Wildman–Crippen LogP) is 3.93. The van der Waals surface area contributed by atoms with E-state index in [-0.39, 0.29) is 17.4 Å². The summed E-state index contributed by atoms with van der Waals surface area (Å²) in [5.74, 6) is -0.510. The molecule has 0 fully saturated rings. The fraction of sp³-hybridized carbons (Fsp3) is 0.0714. The van der Waals surface area contributed by atoms with Crippen LogP contribution in [0.3, 0.4) is 0 Å². The normalized spacial score (nSPS) is 9.83. The Morgan fingerprint density at radius 1 is 1.17 bits per heavy atom. The Hall–Kier alpha value is -2.05. The second kappa shape index (κ2) is 5.52. The molecule has 0 amide bonds. The topological polar surface area (TPSA) is 33.0 Å². The standard InChI is InChI=1S/C14H9ClFNO/c15-12-6-3-7-13(14(12)16)18-9-11-5-2-1-4-10(11)8-17/h1-7H,9H2. The number of halogens is 2. The lowest BCUT2D eigenvalue weighted by molar-refractivity contribution is 0.290. The molecule has 0 bridgehead atoms. The smallest absolute Gasteiger partial charge is 0.183 e. The van der Waals surface area contributed by atoms with Crippen molar-refractivity contribution in [2.75, 3.05) is 0 Å². The zero-order valence-corrected chi connectivity index (χ0v) is 10.1. The van der Waals surface area contributed by atoms with E-state index in [1.807, 2.05) is 0 Å². The number of ether oxygens (including phenoxy) is 1. The molecule has 0 aliphatic carbocycles. The molecule has 0 aliphatic heterocycles. The minimum Gasteiger partial charge on any atom is -0.486 e. The molecule has 2 aromatic rings. The highest BCUT2D eigenvalue weighted by Gasteiger charge is 2.08. The number of hydrogen-bond donors (Lipinski definition) is 0. The van der Waals surface area contributed by atoms with Gasteiger partial charge in [0.1, 0.15) is 6.61 Å². The van der Waals surface area contributed by atoms with Gasteiger partial charge >= 0.3 is 0 Å². The van der Waals surface area contributed by atoms with Gasteiger partial charge in [-0.05, 0) is 18.2 Å². The van der Waals surface area contributed by atoms with Crippen LogP contribution in [0.25, 0.3) is 0 Å². The summed E-state index contributed by atoms with van der Waals surface area (Å²) in [5.41, 5.74) is 1.22. The van der Waals surface area contributed by atoms with Crippen molar-refractivity contribution in [3.8, 4) is 11.8 Å². The van der Waals surface area contributed by atoms with Gasteiger partial charge in [0.15, 0.2) is 11.6 Å². The van der Waals surface area contributed by atoms with Gasteiger partial charge in [-0.25, -0.2) is 4.39 Å². The Morgan fingerprint density at radius 3 is 2.72 bits per heavy atom. The average Bonchev–Trinajstić information content (AvgIpc) is 2.41. The molecule has 0 radical (unpaired) electrons. The molecule has 4 heteroatoms. The molecular weight excluding hydrogens is 253 g/mol. The van der Waals surface area contributed by atoms with E-state index in [9.17, 15) is 4.39 Å². The SMILES string of the molecule is N#Cc1ccccc1COc1cccc(Cl)c1F. The van der Waals surface area contributed by atoms with Crippen LogP contribution in [-0.4, -0.2) is 0 Å². The third-order valence-corrected chi connectivity index (χ3v) is 2.73. The van der Waals surface area contributed by atoms with E-state index in [1.165, 1.54) is 12.1 Å². The molecule has 0 atom stereocenters. The van der Waals surface area contributed by atoms with Crippen LogP contribution in [0, 0.1) is 17.1 Å². The lowest BCUT2D eigenvalue weighted by Gasteiger charge is -2.08. The van der Waals surface area contributed by atoms with Crippen LogP contribution in [0.5, 0.6) is 5.75 Å². The first-order chi connectivity index (χ1) is 8.72. The number of rotatable bonds is 3. The molecule has 0 saturated carbocycles. The van der Waals surface area contributed by atoms with Crippen LogP contribution in [0.15, 0.2) is 42.5 Å². The van der Waals surface area contributed by atoms with Gasteiger partial charge in [0.2, 0.25) is 0 Å². The maximum Gasteiger partial charge on any atom is 0.183 e. The molecule has 90 valence electrons. The zero-order valence-electron chi connectivity index (χ0n) is 9.36. The average molecular weight is 262 g/mol. The molecule has 2 nitrogen and oxygen atoms in total. The second-order valence-electron chi connectivity index (χ2n) is 3.61.